The van der Waals surface area contributed by atoms with E-state index in [1.807, 2.05) is 0 Å². The molecule has 14 heavy (non-hydrogen) atoms. The lowest BCUT2D eigenvalue weighted by atomic mass is 10.0. The molecule has 0 aromatic rings. The predicted molar refractivity (Wildman–Crippen MR) is 61.6 cm³/mol. The van der Waals surface area contributed by atoms with Crippen molar-refractivity contribution in [1.29, 1.82) is 0 Å². The molecule has 0 radical (unpaired) electrons. The van der Waals surface area contributed by atoms with Gasteiger partial charge in [-0.3, -0.25) is 4.79 Å². The number of hydrogen-bond donors (Lipinski definition) is 2. The highest BCUT2D eigenvalue weighted by molar-refractivity contribution is 7.99. The maximum absolute atomic E-state index is 11.7. The predicted octanol–water partition coefficient (Wildman–Crippen LogP) is 0.852. The molecule has 82 valence electrons. The van der Waals surface area contributed by atoms with Crippen molar-refractivity contribution in [2.75, 3.05) is 19.3 Å². The number of nitrogens with one attached hydrogen (secondary N) is 2. The van der Waals surface area contributed by atoms with Gasteiger partial charge in [-0.2, -0.15) is 11.8 Å². The van der Waals surface area contributed by atoms with Crippen LogP contribution in [-0.2, 0) is 4.79 Å². The first-order chi connectivity index (χ1) is 6.65. The van der Waals surface area contributed by atoms with Gasteiger partial charge in [-0.15, -0.1) is 0 Å². The van der Waals surface area contributed by atoms with Gasteiger partial charge in [0.1, 0.15) is 0 Å². The summed E-state index contributed by atoms with van der Waals surface area (Å²) in [5.41, 5.74) is 0. The fraction of sp³-hybridized carbons (Fsp3) is 0.900. The Kier molecular flexibility index (Phi) is 4.75. The smallest absolute Gasteiger partial charge is 0.224 e. The summed E-state index contributed by atoms with van der Waals surface area (Å²) < 4.78 is 0. The van der Waals surface area contributed by atoms with Crippen molar-refractivity contribution in [3.63, 3.8) is 0 Å². The summed E-state index contributed by atoms with van der Waals surface area (Å²) in [5, 5.41) is 6.80. The molecule has 2 N–H and O–H groups in total. The zero-order chi connectivity index (χ0) is 10.6. The van der Waals surface area contributed by atoms with Crippen LogP contribution < -0.4 is 10.6 Å². The van der Waals surface area contributed by atoms with E-state index in [1.165, 1.54) is 0 Å². The Hall–Kier alpha value is -0.220. The Labute approximate surface area is 90.4 Å². The van der Waals surface area contributed by atoms with Gasteiger partial charge in [0.2, 0.25) is 5.91 Å². The Morgan fingerprint density at radius 2 is 2.43 bits per heavy atom. The summed E-state index contributed by atoms with van der Waals surface area (Å²) >= 11 is 1.78. The summed E-state index contributed by atoms with van der Waals surface area (Å²) in [6.07, 6.45) is 3.04. The van der Waals surface area contributed by atoms with E-state index in [2.05, 4.69) is 30.7 Å². The zero-order valence-corrected chi connectivity index (χ0v) is 9.99. The number of amides is 1. The summed E-state index contributed by atoms with van der Waals surface area (Å²) in [4.78, 5) is 11.7. The molecule has 0 aromatic heterocycles. The van der Waals surface area contributed by atoms with Gasteiger partial charge in [-0.05, 0) is 26.1 Å². The van der Waals surface area contributed by atoms with E-state index in [9.17, 15) is 4.79 Å². The van der Waals surface area contributed by atoms with Crippen LogP contribution in [0.3, 0.4) is 0 Å². The Morgan fingerprint density at radius 3 is 2.93 bits per heavy atom. The molecule has 1 aliphatic heterocycles. The second kappa shape index (κ2) is 5.61. The number of rotatable bonds is 4. The van der Waals surface area contributed by atoms with Crippen molar-refractivity contribution in [1.82, 2.24) is 10.6 Å². The van der Waals surface area contributed by atoms with Crippen LogP contribution in [-0.4, -0.2) is 36.5 Å². The monoisotopic (exact) mass is 216 g/mol. The van der Waals surface area contributed by atoms with Crippen molar-refractivity contribution in [3.05, 3.63) is 0 Å². The third-order valence-electron chi connectivity index (χ3n) is 2.83. The quantitative estimate of drug-likeness (QED) is 0.732. The summed E-state index contributed by atoms with van der Waals surface area (Å²) in [6, 6.07) is 0.333. The van der Waals surface area contributed by atoms with Crippen LogP contribution in [0.5, 0.6) is 0 Å². The molecular formula is C10H20N2OS. The lowest BCUT2D eigenvalue weighted by molar-refractivity contribution is -0.125. The van der Waals surface area contributed by atoms with Crippen molar-refractivity contribution in [3.8, 4) is 0 Å². The first kappa shape index (κ1) is 11.9. The Bertz CT molecular complexity index is 199. The van der Waals surface area contributed by atoms with Crippen LogP contribution in [0.1, 0.15) is 20.3 Å². The van der Waals surface area contributed by atoms with Gasteiger partial charge in [-0.1, -0.05) is 6.92 Å². The zero-order valence-electron chi connectivity index (χ0n) is 9.17. The fourth-order valence-corrected chi connectivity index (χ4v) is 1.93. The molecule has 1 amide bonds. The molecule has 4 heteroatoms. The highest BCUT2D eigenvalue weighted by atomic mass is 32.2. The molecule has 0 spiro atoms. The molecular weight excluding hydrogens is 196 g/mol. The molecule has 1 fully saturated rings. The Balaban J connectivity index is 2.27. The van der Waals surface area contributed by atoms with Crippen molar-refractivity contribution >= 4 is 17.7 Å². The minimum Gasteiger partial charge on any atom is -0.355 e. The van der Waals surface area contributed by atoms with Crippen molar-refractivity contribution < 1.29 is 4.79 Å². The fourth-order valence-electron chi connectivity index (χ4n) is 1.68. The first-order valence-corrected chi connectivity index (χ1v) is 6.47. The highest BCUT2D eigenvalue weighted by Crippen LogP contribution is 2.15. The van der Waals surface area contributed by atoms with Crippen LogP contribution >= 0.6 is 11.8 Å². The highest BCUT2D eigenvalue weighted by Gasteiger charge is 2.29. The molecule has 0 aliphatic carbocycles. The topological polar surface area (TPSA) is 41.1 Å². The summed E-state index contributed by atoms with van der Waals surface area (Å²) in [5.74, 6) is 0.382. The molecule has 0 saturated carbocycles. The first-order valence-electron chi connectivity index (χ1n) is 5.19. The van der Waals surface area contributed by atoms with Gasteiger partial charge in [-0.25, -0.2) is 0 Å². The van der Waals surface area contributed by atoms with Crippen LogP contribution in [0.2, 0.25) is 0 Å². The summed E-state index contributed by atoms with van der Waals surface area (Å²) in [7, 11) is 0. The summed E-state index contributed by atoms with van der Waals surface area (Å²) in [6.45, 7) is 5.96. The van der Waals surface area contributed by atoms with Crippen LogP contribution in [0.25, 0.3) is 0 Å². The molecule has 1 rings (SSSR count). The lowest BCUT2D eigenvalue weighted by Crippen LogP contribution is -2.39. The second-order valence-corrected chi connectivity index (χ2v) is 5.21. The number of carbonyl (C=O) groups is 1. The third kappa shape index (κ3) is 3.17. The van der Waals surface area contributed by atoms with E-state index < -0.39 is 0 Å². The van der Waals surface area contributed by atoms with Gasteiger partial charge >= 0.3 is 0 Å². The SMILES string of the molecule is CSC(C)CNC(=O)C1CCNC1C. The van der Waals surface area contributed by atoms with Crippen molar-refractivity contribution in [2.24, 2.45) is 5.92 Å². The molecule has 1 heterocycles. The number of carbonyl (C=O) groups excluding carboxylic acids is 1. The molecule has 3 atom stereocenters. The molecule has 1 saturated heterocycles. The number of hydrogen-bond acceptors (Lipinski definition) is 3. The van der Waals surface area contributed by atoms with Crippen LogP contribution in [0, 0.1) is 5.92 Å². The maximum Gasteiger partial charge on any atom is 0.224 e. The minimum atomic E-state index is 0.170. The molecule has 3 unspecified atom stereocenters. The lowest BCUT2D eigenvalue weighted by Gasteiger charge is -2.16. The molecule has 3 nitrogen and oxygen atoms in total. The van der Waals surface area contributed by atoms with Gasteiger partial charge < -0.3 is 10.6 Å². The minimum absolute atomic E-state index is 0.170. The normalized spacial score (nSPS) is 28.8. The molecule has 0 aromatic carbocycles. The van der Waals surface area contributed by atoms with Crippen LogP contribution in [0.15, 0.2) is 0 Å². The third-order valence-corrected chi connectivity index (χ3v) is 3.80. The van der Waals surface area contributed by atoms with E-state index in [1.54, 1.807) is 11.8 Å². The van der Waals surface area contributed by atoms with Gasteiger partial charge in [0.05, 0.1) is 5.92 Å². The van der Waals surface area contributed by atoms with E-state index in [-0.39, 0.29) is 11.8 Å². The van der Waals surface area contributed by atoms with Crippen LogP contribution in [0.4, 0.5) is 0 Å². The van der Waals surface area contributed by atoms with E-state index >= 15 is 0 Å². The van der Waals surface area contributed by atoms with E-state index in [0.717, 1.165) is 19.5 Å². The maximum atomic E-state index is 11.7. The largest absolute Gasteiger partial charge is 0.355 e. The Morgan fingerprint density at radius 1 is 1.71 bits per heavy atom. The van der Waals surface area contributed by atoms with Crippen molar-refractivity contribution in [2.45, 2.75) is 31.6 Å². The second-order valence-electron chi connectivity index (χ2n) is 3.93. The van der Waals surface area contributed by atoms with Gasteiger partial charge in [0, 0.05) is 17.8 Å². The van der Waals surface area contributed by atoms with E-state index in [0.29, 0.717) is 11.3 Å². The standard InChI is InChI=1S/C10H20N2OS/c1-7(14-3)6-12-10(13)9-4-5-11-8(9)2/h7-9,11H,4-6H2,1-3H3,(H,12,13). The number of thioether (sulfide) groups is 1. The van der Waals surface area contributed by atoms with Gasteiger partial charge in [0.15, 0.2) is 0 Å². The molecule has 0 bridgehead atoms. The molecule has 1 aliphatic rings. The average molecular weight is 216 g/mol. The van der Waals surface area contributed by atoms with Gasteiger partial charge in [0.25, 0.3) is 0 Å². The van der Waals surface area contributed by atoms with E-state index in [4.69, 9.17) is 0 Å². The average Bonchev–Trinajstić information content (AvgIpc) is 2.60.